The van der Waals surface area contributed by atoms with Crippen molar-refractivity contribution in [2.75, 3.05) is 14.2 Å². The zero-order valence-corrected chi connectivity index (χ0v) is 14.9. The van der Waals surface area contributed by atoms with Gasteiger partial charge in [0, 0.05) is 24.0 Å². The van der Waals surface area contributed by atoms with E-state index in [1.807, 2.05) is 19.1 Å². The summed E-state index contributed by atoms with van der Waals surface area (Å²) >= 11 is 0. The summed E-state index contributed by atoms with van der Waals surface area (Å²) in [5.41, 5.74) is 2.92. The first-order valence-corrected chi connectivity index (χ1v) is 7.88. The van der Waals surface area contributed by atoms with Gasteiger partial charge in [-0.15, -0.1) is 0 Å². The molecule has 2 aromatic rings. The molecule has 0 unspecified atom stereocenters. The summed E-state index contributed by atoms with van der Waals surface area (Å²) in [4.78, 5) is 28.3. The van der Waals surface area contributed by atoms with Crippen molar-refractivity contribution in [2.45, 2.75) is 26.8 Å². The molecular formula is C19H22N2O4. The molecule has 0 aliphatic rings. The maximum atomic E-state index is 12.3. The van der Waals surface area contributed by atoms with E-state index >= 15 is 0 Å². The molecule has 1 heterocycles. The molecule has 0 radical (unpaired) electrons. The lowest BCUT2D eigenvalue weighted by molar-refractivity contribution is -0.120. The van der Waals surface area contributed by atoms with Gasteiger partial charge in [0.1, 0.15) is 0 Å². The van der Waals surface area contributed by atoms with Crippen molar-refractivity contribution in [3.63, 3.8) is 0 Å². The summed E-state index contributed by atoms with van der Waals surface area (Å²) < 4.78 is 10.5. The number of carbonyl (C=O) groups excluding carboxylic acids is 2. The van der Waals surface area contributed by atoms with Crippen molar-refractivity contribution in [1.82, 2.24) is 10.3 Å². The molecule has 25 heavy (non-hydrogen) atoms. The minimum Gasteiger partial charge on any atom is -0.493 e. The number of amides is 1. The number of nitrogens with one attached hydrogen (secondary N) is 1. The number of carbonyl (C=O) groups is 2. The van der Waals surface area contributed by atoms with Crippen LogP contribution in [0.1, 0.15) is 34.1 Å². The molecule has 2 rings (SSSR count). The fraction of sp³-hybridized carbons (Fsp3) is 0.316. The van der Waals surface area contributed by atoms with Gasteiger partial charge in [0.2, 0.25) is 5.91 Å². The molecule has 0 atom stereocenters. The molecule has 0 aliphatic carbocycles. The van der Waals surface area contributed by atoms with Crippen LogP contribution in [0.4, 0.5) is 0 Å². The van der Waals surface area contributed by atoms with Crippen LogP contribution >= 0.6 is 0 Å². The lowest BCUT2D eigenvalue weighted by Gasteiger charge is -2.13. The van der Waals surface area contributed by atoms with Crippen molar-refractivity contribution in [3.8, 4) is 11.5 Å². The number of nitrogens with zero attached hydrogens (tertiary/aromatic N) is 1. The van der Waals surface area contributed by atoms with Gasteiger partial charge in [-0.2, -0.15) is 0 Å². The van der Waals surface area contributed by atoms with Crippen LogP contribution in [0.3, 0.4) is 0 Å². The molecule has 0 aliphatic heterocycles. The zero-order valence-electron chi connectivity index (χ0n) is 14.9. The summed E-state index contributed by atoms with van der Waals surface area (Å²) in [5, 5.41) is 2.86. The van der Waals surface area contributed by atoms with Crippen molar-refractivity contribution in [3.05, 3.63) is 52.8 Å². The molecule has 1 aromatic carbocycles. The van der Waals surface area contributed by atoms with Crippen LogP contribution in [0.25, 0.3) is 0 Å². The summed E-state index contributed by atoms with van der Waals surface area (Å²) in [6.07, 6.45) is 1.79. The molecule has 0 spiro atoms. The predicted molar refractivity (Wildman–Crippen MR) is 94.1 cm³/mol. The van der Waals surface area contributed by atoms with Gasteiger partial charge in [-0.1, -0.05) is 0 Å². The molecule has 1 aromatic heterocycles. The van der Waals surface area contributed by atoms with Crippen LogP contribution in [0.5, 0.6) is 11.5 Å². The Kier molecular flexibility index (Phi) is 6.11. The predicted octanol–water partition coefficient (Wildman–Crippen LogP) is 2.47. The maximum absolute atomic E-state index is 12.3. The average Bonchev–Trinajstić information content (AvgIpc) is 2.59. The van der Waals surface area contributed by atoms with Crippen LogP contribution in [-0.4, -0.2) is 30.9 Å². The molecule has 0 fully saturated rings. The van der Waals surface area contributed by atoms with E-state index in [-0.39, 0.29) is 18.1 Å². The van der Waals surface area contributed by atoms with Crippen LogP contribution in [0.2, 0.25) is 0 Å². The van der Waals surface area contributed by atoms with E-state index in [1.165, 1.54) is 21.1 Å². The average molecular weight is 342 g/mol. The van der Waals surface area contributed by atoms with Crippen molar-refractivity contribution in [2.24, 2.45) is 0 Å². The number of rotatable bonds is 7. The van der Waals surface area contributed by atoms with Gasteiger partial charge in [-0.05, 0) is 49.2 Å². The Morgan fingerprint density at radius 3 is 2.40 bits per heavy atom. The second-order valence-electron chi connectivity index (χ2n) is 5.68. The largest absolute Gasteiger partial charge is 0.493 e. The number of hydrogen-bond donors (Lipinski definition) is 1. The summed E-state index contributed by atoms with van der Waals surface area (Å²) in [6.45, 7) is 3.77. The van der Waals surface area contributed by atoms with Gasteiger partial charge < -0.3 is 14.8 Å². The van der Waals surface area contributed by atoms with E-state index in [2.05, 4.69) is 10.3 Å². The highest BCUT2D eigenvalue weighted by Gasteiger charge is 2.16. The second kappa shape index (κ2) is 8.28. The Balaban J connectivity index is 2.14. The Hall–Kier alpha value is -2.89. The van der Waals surface area contributed by atoms with E-state index in [9.17, 15) is 9.59 Å². The lowest BCUT2D eigenvalue weighted by Crippen LogP contribution is -2.25. The van der Waals surface area contributed by atoms with Gasteiger partial charge in [0.25, 0.3) is 0 Å². The molecule has 6 heteroatoms. The highest BCUT2D eigenvalue weighted by Crippen LogP contribution is 2.31. The Morgan fingerprint density at radius 1 is 1.12 bits per heavy atom. The highest BCUT2D eigenvalue weighted by atomic mass is 16.5. The molecule has 132 valence electrons. The number of aryl methyl sites for hydroxylation is 1. The Morgan fingerprint density at radius 2 is 1.80 bits per heavy atom. The van der Waals surface area contributed by atoms with E-state index in [0.717, 1.165) is 11.3 Å². The van der Waals surface area contributed by atoms with Gasteiger partial charge in [-0.3, -0.25) is 14.6 Å². The van der Waals surface area contributed by atoms with E-state index in [4.69, 9.17) is 9.47 Å². The van der Waals surface area contributed by atoms with Gasteiger partial charge in [0.15, 0.2) is 17.3 Å². The number of ketones is 1. The minimum absolute atomic E-state index is 0.0827. The maximum Gasteiger partial charge on any atom is 0.224 e. The lowest BCUT2D eigenvalue weighted by atomic mass is 10.00. The van der Waals surface area contributed by atoms with Crippen molar-refractivity contribution < 1.29 is 19.1 Å². The van der Waals surface area contributed by atoms with Crippen LogP contribution in [-0.2, 0) is 17.8 Å². The summed E-state index contributed by atoms with van der Waals surface area (Å²) in [7, 11) is 3.02. The molecule has 0 saturated carbocycles. The standard InChI is InChI=1S/C19H22N2O4/c1-12-7-14(5-6-20-12)11-21-19(23)9-15-8-17(24-3)18(25-4)10-16(15)13(2)22/h5-8,10H,9,11H2,1-4H3,(H,21,23). The van der Waals surface area contributed by atoms with Gasteiger partial charge in [0.05, 0.1) is 20.6 Å². The molecule has 1 amide bonds. The number of hydrogen-bond acceptors (Lipinski definition) is 5. The second-order valence-corrected chi connectivity index (χ2v) is 5.68. The third-order valence-electron chi connectivity index (χ3n) is 3.79. The first kappa shape index (κ1) is 18.4. The monoisotopic (exact) mass is 342 g/mol. The number of Topliss-reactive ketones (excluding diaryl/α,β-unsaturated/α-hetero) is 1. The van der Waals surface area contributed by atoms with E-state index < -0.39 is 0 Å². The van der Waals surface area contributed by atoms with Gasteiger partial charge in [-0.25, -0.2) is 0 Å². The van der Waals surface area contributed by atoms with Crippen molar-refractivity contribution >= 4 is 11.7 Å². The number of aromatic nitrogens is 1. The Labute approximate surface area is 147 Å². The zero-order chi connectivity index (χ0) is 18.4. The number of benzene rings is 1. The smallest absolute Gasteiger partial charge is 0.224 e. The quantitative estimate of drug-likeness (QED) is 0.782. The van der Waals surface area contributed by atoms with Crippen LogP contribution < -0.4 is 14.8 Å². The fourth-order valence-corrected chi connectivity index (χ4v) is 2.55. The molecule has 0 saturated heterocycles. The highest BCUT2D eigenvalue weighted by molar-refractivity contribution is 5.97. The molecular weight excluding hydrogens is 320 g/mol. The Bertz CT molecular complexity index is 787. The van der Waals surface area contributed by atoms with Crippen molar-refractivity contribution in [1.29, 1.82) is 0 Å². The summed E-state index contributed by atoms with van der Waals surface area (Å²) in [6, 6.07) is 7.05. The van der Waals surface area contributed by atoms with Crippen LogP contribution in [0.15, 0.2) is 30.5 Å². The third kappa shape index (κ3) is 4.79. The fourth-order valence-electron chi connectivity index (χ4n) is 2.55. The SMILES string of the molecule is COc1cc(CC(=O)NCc2ccnc(C)c2)c(C(C)=O)cc1OC. The van der Waals surface area contributed by atoms with Gasteiger partial charge >= 0.3 is 0 Å². The molecule has 1 N–H and O–H groups in total. The first-order valence-electron chi connectivity index (χ1n) is 7.88. The van der Waals surface area contributed by atoms with E-state index in [1.54, 1.807) is 18.3 Å². The normalized spacial score (nSPS) is 10.2. The number of methoxy groups -OCH3 is 2. The number of pyridine rings is 1. The molecule has 0 bridgehead atoms. The van der Waals surface area contributed by atoms with Crippen LogP contribution in [0, 0.1) is 6.92 Å². The van der Waals surface area contributed by atoms with E-state index in [0.29, 0.717) is 29.2 Å². The first-order chi connectivity index (χ1) is 11.9. The number of ether oxygens (including phenoxy) is 2. The third-order valence-corrected chi connectivity index (χ3v) is 3.79. The summed E-state index contributed by atoms with van der Waals surface area (Å²) in [5.74, 6) is 0.641. The molecule has 6 nitrogen and oxygen atoms in total. The minimum atomic E-state index is -0.177. The topological polar surface area (TPSA) is 77.5 Å².